The molecule has 134 valence electrons. The number of likely N-dealkylation sites (N-methyl/N-ethyl adjacent to an activating group) is 1. The number of rotatable bonds is 6. The van der Waals surface area contributed by atoms with Crippen LogP contribution in [0.25, 0.3) is 0 Å². The molecule has 1 aromatic heterocycles. The van der Waals surface area contributed by atoms with E-state index in [1.807, 2.05) is 23.5 Å². The molecule has 2 heterocycles. The van der Waals surface area contributed by atoms with Gasteiger partial charge in [-0.15, -0.1) is 11.3 Å². The van der Waals surface area contributed by atoms with Gasteiger partial charge >= 0.3 is 0 Å². The van der Waals surface area contributed by atoms with Crippen molar-refractivity contribution in [3.05, 3.63) is 47.0 Å². The third-order valence-corrected chi connectivity index (χ3v) is 5.53. The highest BCUT2D eigenvalue weighted by atomic mass is 32.1. The van der Waals surface area contributed by atoms with Gasteiger partial charge in [0.2, 0.25) is 5.91 Å². The van der Waals surface area contributed by atoms with Crippen LogP contribution >= 0.6 is 11.3 Å². The molecule has 5 nitrogen and oxygen atoms in total. The largest absolute Gasteiger partial charge is 0.346 e. The molecule has 2 aromatic rings. The summed E-state index contributed by atoms with van der Waals surface area (Å²) in [5.74, 6) is 0.183. The van der Waals surface area contributed by atoms with Crippen LogP contribution in [0.5, 0.6) is 0 Å². The van der Waals surface area contributed by atoms with Crippen molar-refractivity contribution in [3.63, 3.8) is 0 Å². The second-order valence-electron chi connectivity index (χ2n) is 6.50. The Morgan fingerprint density at radius 1 is 1.16 bits per heavy atom. The van der Waals surface area contributed by atoms with Crippen LogP contribution in [0.4, 0.5) is 5.13 Å². The molecule has 0 N–H and O–H groups in total. The van der Waals surface area contributed by atoms with Crippen LogP contribution in [0.3, 0.4) is 0 Å². The molecular formula is C19H26N4OS. The number of thiazole rings is 1. The average molecular weight is 359 g/mol. The lowest BCUT2D eigenvalue weighted by Gasteiger charge is -2.34. The lowest BCUT2D eigenvalue weighted by molar-refractivity contribution is -0.131. The number of anilines is 1. The number of hydrogen-bond acceptors (Lipinski definition) is 5. The third kappa shape index (κ3) is 4.80. The lowest BCUT2D eigenvalue weighted by atomic mass is 10.1. The van der Waals surface area contributed by atoms with Gasteiger partial charge in [0.1, 0.15) is 0 Å². The first-order valence-corrected chi connectivity index (χ1v) is 9.72. The summed E-state index contributed by atoms with van der Waals surface area (Å²) in [6.07, 6.45) is 2.89. The zero-order chi connectivity index (χ0) is 17.6. The topological polar surface area (TPSA) is 39.7 Å². The van der Waals surface area contributed by atoms with Gasteiger partial charge in [-0.2, -0.15) is 0 Å². The minimum absolute atomic E-state index is 0.183. The Hall–Kier alpha value is -1.92. The Labute approximate surface area is 153 Å². The minimum atomic E-state index is 0.183. The highest BCUT2D eigenvalue weighted by Gasteiger charge is 2.21. The number of carbonyl (C=O) groups excluding carboxylic acids is 1. The predicted octanol–water partition coefficient (Wildman–Crippen LogP) is 2.49. The maximum atomic E-state index is 12.5. The van der Waals surface area contributed by atoms with Crippen molar-refractivity contribution in [3.8, 4) is 0 Å². The standard InChI is InChI=1S/C19H26N4OS/c1-3-16-4-6-17(7-5-16)14-21(2)18(24)15-22-9-11-23(12-10-22)19-20-8-13-25-19/h4-8,13H,3,9-12,14-15H2,1-2H3. The van der Waals surface area contributed by atoms with Crippen molar-refractivity contribution >= 4 is 22.4 Å². The molecule has 1 saturated heterocycles. The van der Waals surface area contributed by atoms with Gasteiger partial charge in [0.05, 0.1) is 6.54 Å². The van der Waals surface area contributed by atoms with Crippen molar-refractivity contribution in [2.75, 3.05) is 44.7 Å². The number of hydrogen-bond donors (Lipinski definition) is 0. The van der Waals surface area contributed by atoms with E-state index < -0.39 is 0 Å². The van der Waals surface area contributed by atoms with E-state index in [4.69, 9.17) is 0 Å². The van der Waals surface area contributed by atoms with Gasteiger partial charge in [0, 0.05) is 51.3 Å². The van der Waals surface area contributed by atoms with Gasteiger partial charge in [-0.1, -0.05) is 31.2 Å². The van der Waals surface area contributed by atoms with Gasteiger partial charge in [-0.05, 0) is 17.5 Å². The monoisotopic (exact) mass is 358 g/mol. The Morgan fingerprint density at radius 3 is 2.44 bits per heavy atom. The summed E-state index contributed by atoms with van der Waals surface area (Å²) in [6, 6.07) is 8.53. The van der Waals surface area contributed by atoms with E-state index in [-0.39, 0.29) is 5.91 Å². The molecule has 0 saturated carbocycles. The van der Waals surface area contributed by atoms with E-state index in [1.165, 1.54) is 11.1 Å². The molecule has 0 bridgehead atoms. The van der Waals surface area contributed by atoms with E-state index in [1.54, 1.807) is 11.3 Å². The molecule has 0 aliphatic carbocycles. The molecular weight excluding hydrogens is 332 g/mol. The first-order valence-electron chi connectivity index (χ1n) is 8.84. The van der Waals surface area contributed by atoms with Crippen molar-refractivity contribution in [2.24, 2.45) is 0 Å². The Morgan fingerprint density at radius 2 is 1.84 bits per heavy atom. The van der Waals surface area contributed by atoms with Gasteiger partial charge < -0.3 is 9.80 Å². The van der Waals surface area contributed by atoms with Crippen molar-refractivity contribution in [1.82, 2.24) is 14.8 Å². The highest BCUT2D eigenvalue weighted by molar-refractivity contribution is 7.13. The smallest absolute Gasteiger partial charge is 0.236 e. The van der Waals surface area contributed by atoms with E-state index in [0.29, 0.717) is 13.1 Å². The van der Waals surface area contributed by atoms with Crippen molar-refractivity contribution in [2.45, 2.75) is 19.9 Å². The first-order chi connectivity index (χ1) is 12.2. The van der Waals surface area contributed by atoms with Gasteiger partial charge in [-0.25, -0.2) is 4.98 Å². The van der Waals surface area contributed by atoms with Crippen LogP contribution in [0.1, 0.15) is 18.1 Å². The predicted molar refractivity (Wildman–Crippen MR) is 103 cm³/mol. The summed E-state index contributed by atoms with van der Waals surface area (Å²) < 4.78 is 0. The van der Waals surface area contributed by atoms with Gasteiger partial charge in [0.15, 0.2) is 5.13 Å². The molecule has 3 rings (SSSR count). The van der Waals surface area contributed by atoms with E-state index in [9.17, 15) is 4.79 Å². The molecule has 0 unspecified atom stereocenters. The number of aromatic nitrogens is 1. The molecule has 0 radical (unpaired) electrons. The van der Waals surface area contributed by atoms with Crippen LogP contribution < -0.4 is 4.90 Å². The normalized spacial score (nSPS) is 15.4. The summed E-state index contributed by atoms with van der Waals surface area (Å²) in [5.41, 5.74) is 2.51. The van der Waals surface area contributed by atoms with Crippen LogP contribution in [0.2, 0.25) is 0 Å². The van der Waals surface area contributed by atoms with E-state index in [0.717, 1.165) is 37.7 Å². The summed E-state index contributed by atoms with van der Waals surface area (Å²) in [6.45, 7) is 7.00. The van der Waals surface area contributed by atoms with Crippen molar-refractivity contribution in [1.29, 1.82) is 0 Å². The molecule has 1 amide bonds. The number of piperazine rings is 1. The molecule has 1 aliphatic rings. The van der Waals surface area contributed by atoms with Crippen LogP contribution in [-0.4, -0.2) is 60.5 Å². The Balaban J connectivity index is 1.45. The third-order valence-electron chi connectivity index (χ3n) is 4.70. The Bertz CT molecular complexity index is 663. The van der Waals surface area contributed by atoms with Crippen LogP contribution in [0.15, 0.2) is 35.8 Å². The molecule has 1 aromatic carbocycles. The average Bonchev–Trinajstić information content (AvgIpc) is 3.17. The zero-order valence-electron chi connectivity index (χ0n) is 15.0. The molecule has 0 atom stereocenters. The number of carbonyl (C=O) groups is 1. The summed E-state index contributed by atoms with van der Waals surface area (Å²) >= 11 is 1.67. The summed E-state index contributed by atoms with van der Waals surface area (Å²) in [5, 5.41) is 3.09. The van der Waals surface area contributed by atoms with E-state index >= 15 is 0 Å². The fourth-order valence-corrected chi connectivity index (χ4v) is 3.72. The first kappa shape index (κ1) is 17.9. The molecule has 1 aliphatic heterocycles. The SMILES string of the molecule is CCc1ccc(CN(C)C(=O)CN2CCN(c3nccs3)CC2)cc1. The maximum Gasteiger partial charge on any atom is 0.236 e. The second-order valence-corrected chi connectivity index (χ2v) is 7.37. The molecule has 6 heteroatoms. The number of amides is 1. The summed E-state index contributed by atoms with van der Waals surface area (Å²) in [7, 11) is 1.89. The molecule has 25 heavy (non-hydrogen) atoms. The lowest BCUT2D eigenvalue weighted by Crippen LogP contribution is -2.49. The second kappa shape index (κ2) is 8.45. The van der Waals surface area contributed by atoms with Gasteiger partial charge in [-0.3, -0.25) is 9.69 Å². The molecule has 0 spiro atoms. The van der Waals surface area contributed by atoms with Crippen LogP contribution in [-0.2, 0) is 17.8 Å². The number of nitrogens with zero attached hydrogens (tertiary/aromatic N) is 4. The number of benzene rings is 1. The number of aryl methyl sites for hydroxylation is 1. The maximum absolute atomic E-state index is 12.5. The highest BCUT2D eigenvalue weighted by Crippen LogP contribution is 2.18. The summed E-state index contributed by atoms with van der Waals surface area (Å²) in [4.78, 5) is 23.2. The van der Waals surface area contributed by atoms with Gasteiger partial charge in [0.25, 0.3) is 0 Å². The fourth-order valence-electron chi connectivity index (χ4n) is 3.02. The molecule has 1 fully saturated rings. The zero-order valence-corrected chi connectivity index (χ0v) is 15.8. The fraction of sp³-hybridized carbons (Fsp3) is 0.474. The minimum Gasteiger partial charge on any atom is -0.346 e. The van der Waals surface area contributed by atoms with Crippen molar-refractivity contribution < 1.29 is 4.79 Å². The Kier molecular flexibility index (Phi) is 6.04. The quantitative estimate of drug-likeness (QED) is 0.795. The van der Waals surface area contributed by atoms with E-state index in [2.05, 4.69) is 46.0 Å². The van der Waals surface area contributed by atoms with Crippen LogP contribution in [0, 0.1) is 0 Å².